The molecule has 5 heteroatoms. The van der Waals surface area contributed by atoms with Gasteiger partial charge in [0.25, 0.3) is 5.91 Å². The van der Waals surface area contributed by atoms with E-state index in [1.54, 1.807) is 0 Å². The van der Waals surface area contributed by atoms with Gasteiger partial charge in [-0.15, -0.1) is 0 Å². The lowest BCUT2D eigenvalue weighted by atomic mass is 9.54. The van der Waals surface area contributed by atoms with Gasteiger partial charge in [0.15, 0.2) is 0 Å². The molecule has 2 heterocycles. The number of carbonyl (C=O) groups excluding carboxylic acids is 1. The van der Waals surface area contributed by atoms with E-state index in [0.717, 1.165) is 45.3 Å². The molecular weight excluding hydrogens is 372 g/mol. The Morgan fingerprint density at radius 1 is 1.07 bits per heavy atom. The Hall–Kier alpha value is -2.69. The number of nitrogens with one attached hydrogen (secondary N) is 1. The Morgan fingerprint density at radius 2 is 1.77 bits per heavy atom. The molecule has 0 spiro atoms. The number of aromatic nitrogens is 3. The number of carbonyl (C=O) groups is 1. The molecule has 4 fully saturated rings. The number of aryl methyl sites for hydroxylation is 1. The van der Waals surface area contributed by atoms with Gasteiger partial charge in [-0.3, -0.25) is 9.48 Å². The van der Waals surface area contributed by atoms with Crippen molar-refractivity contribution in [3.05, 3.63) is 47.8 Å². The van der Waals surface area contributed by atoms with Gasteiger partial charge in [0.1, 0.15) is 0 Å². The number of fused-ring (bicyclic) bond motifs is 1. The minimum atomic E-state index is 0.0499. The van der Waals surface area contributed by atoms with Crippen LogP contribution in [-0.2, 0) is 7.05 Å². The minimum absolute atomic E-state index is 0.0499. The summed E-state index contributed by atoms with van der Waals surface area (Å²) >= 11 is 0. The zero-order chi connectivity index (χ0) is 20.4. The number of hydrogen-bond donors (Lipinski definition) is 1. The van der Waals surface area contributed by atoms with E-state index < -0.39 is 0 Å². The van der Waals surface area contributed by atoms with Crippen molar-refractivity contribution in [1.29, 1.82) is 0 Å². The van der Waals surface area contributed by atoms with Crippen LogP contribution in [0.5, 0.6) is 0 Å². The fourth-order valence-electron chi connectivity index (χ4n) is 6.64. The van der Waals surface area contributed by atoms with Crippen LogP contribution in [0.2, 0.25) is 0 Å². The summed E-state index contributed by atoms with van der Waals surface area (Å²) in [7, 11) is 1.93. The van der Waals surface area contributed by atoms with Crippen LogP contribution in [0.15, 0.2) is 36.5 Å². The molecule has 154 valence electrons. The number of nitrogens with zero attached hydrogens (tertiary/aromatic N) is 3. The zero-order valence-electron chi connectivity index (χ0n) is 17.6. The third-order valence-electron chi connectivity index (χ3n) is 8.00. The van der Waals surface area contributed by atoms with Crippen LogP contribution in [0.3, 0.4) is 0 Å². The largest absolute Gasteiger partial charge is 0.349 e. The molecule has 0 saturated heterocycles. The lowest BCUT2D eigenvalue weighted by Gasteiger charge is -2.54. The van der Waals surface area contributed by atoms with Crippen LogP contribution in [0.25, 0.3) is 22.2 Å². The molecule has 3 aromatic rings. The van der Waals surface area contributed by atoms with E-state index in [4.69, 9.17) is 4.98 Å². The average molecular weight is 401 g/mol. The first-order valence-electron chi connectivity index (χ1n) is 11.3. The normalized spacial score (nSPS) is 29.5. The summed E-state index contributed by atoms with van der Waals surface area (Å²) in [6.45, 7) is 2.04. The lowest BCUT2D eigenvalue weighted by molar-refractivity contribution is -0.0119. The van der Waals surface area contributed by atoms with Gasteiger partial charge in [-0.25, -0.2) is 4.98 Å². The molecule has 0 unspecified atom stereocenters. The van der Waals surface area contributed by atoms with E-state index >= 15 is 0 Å². The van der Waals surface area contributed by atoms with Crippen LogP contribution >= 0.6 is 0 Å². The fraction of sp³-hybridized carbons (Fsp3) is 0.480. The van der Waals surface area contributed by atoms with Crippen molar-refractivity contribution in [3.63, 3.8) is 0 Å². The maximum atomic E-state index is 13.6. The molecule has 1 amide bonds. The highest BCUT2D eigenvalue weighted by molar-refractivity contribution is 6.07. The van der Waals surface area contributed by atoms with Crippen LogP contribution < -0.4 is 5.32 Å². The van der Waals surface area contributed by atoms with E-state index in [1.807, 2.05) is 55.2 Å². The van der Waals surface area contributed by atoms with Gasteiger partial charge < -0.3 is 5.32 Å². The second kappa shape index (κ2) is 6.66. The van der Waals surface area contributed by atoms with E-state index in [2.05, 4.69) is 10.4 Å². The first-order chi connectivity index (χ1) is 14.6. The number of amides is 1. The zero-order valence-corrected chi connectivity index (χ0v) is 17.6. The molecule has 4 saturated carbocycles. The third-order valence-corrected chi connectivity index (χ3v) is 8.00. The third kappa shape index (κ3) is 2.78. The summed E-state index contributed by atoms with van der Waals surface area (Å²) in [6.07, 6.45) is 8.47. The second-order valence-corrected chi connectivity index (χ2v) is 9.77. The van der Waals surface area contributed by atoms with Crippen molar-refractivity contribution in [1.82, 2.24) is 20.1 Å². The number of para-hydroxylation sites is 1. The summed E-state index contributed by atoms with van der Waals surface area (Å²) in [5.41, 5.74) is 4.42. The quantitative estimate of drug-likeness (QED) is 0.704. The fourth-order valence-corrected chi connectivity index (χ4v) is 6.64. The Bertz CT molecular complexity index is 1120. The second-order valence-electron chi connectivity index (χ2n) is 9.77. The number of benzene rings is 1. The minimum Gasteiger partial charge on any atom is -0.349 e. The van der Waals surface area contributed by atoms with Gasteiger partial charge in [-0.05, 0) is 74.8 Å². The number of rotatable bonds is 3. The molecule has 4 aliphatic carbocycles. The van der Waals surface area contributed by atoms with E-state index in [9.17, 15) is 4.79 Å². The highest BCUT2D eigenvalue weighted by Crippen LogP contribution is 2.53. The maximum Gasteiger partial charge on any atom is 0.252 e. The molecule has 2 aromatic heterocycles. The van der Waals surface area contributed by atoms with Gasteiger partial charge in [0.2, 0.25) is 0 Å². The summed E-state index contributed by atoms with van der Waals surface area (Å²) < 4.78 is 1.85. The summed E-state index contributed by atoms with van der Waals surface area (Å²) in [5, 5.41) is 8.77. The molecule has 7 rings (SSSR count). The Labute approximate surface area is 176 Å². The maximum absolute atomic E-state index is 13.6. The van der Waals surface area contributed by atoms with Gasteiger partial charge in [0.05, 0.1) is 23.0 Å². The molecule has 1 N–H and O–H groups in total. The van der Waals surface area contributed by atoms with Crippen molar-refractivity contribution in [3.8, 4) is 11.3 Å². The summed E-state index contributed by atoms with van der Waals surface area (Å²) in [4.78, 5) is 18.4. The first-order valence-corrected chi connectivity index (χ1v) is 11.3. The summed E-state index contributed by atoms with van der Waals surface area (Å²) in [5.74, 6) is 3.19. The Balaban J connectivity index is 1.38. The van der Waals surface area contributed by atoms with Crippen LogP contribution in [0.1, 0.15) is 48.2 Å². The lowest BCUT2D eigenvalue weighted by Crippen LogP contribution is -2.55. The number of hydrogen-bond acceptors (Lipinski definition) is 3. The first kappa shape index (κ1) is 18.1. The van der Waals surface area contributed by atoms with Gasteiger partial charge in [-0.1, -0.05) is 18.2 Å². The smallest absolute Gasteiger partial charge is 0.252 e. The highest BCUT2D eigenvalue weighted by atomic mass is 16.1. The van der Waals surface area contributed by atoms with Crippen molar-refractivity contribution in [2.45, 2.75) is 45.1 Å². The Morgan fingerprint density at radius 3 is 2.43 bits per heavy atom. The van der Waals surface area contributed by atoms with Gasteiger partial charge >= 0.3 is 0 Å². The predicted molar refractivity (Wildman–Crippen MR) is 117 cm³/mol. The average Bonchev–Trinajstić information content (AvgIpc) is 3.07. The molecule has 30 heavy (non-hydrogen) atoms. The molecule has 0 atom stereocenters. The van der Waals surface area contributed by atoms with E-state index in [1.165, 1.54) is 32.1 Å². The SMILES string of the molecule is Cc1c(-c2cc(C(=O)NC3C4CC5CC(C4)CC3C5)c3ccccc3n2)cnn1C. The molecule has 4 bridgehead atoms. The predicted octanol–water partition coefficient (Wildman–Crippen LogP) is 4.50. The molecule has 1 aromatic carbocycles. The Kier molecular flexibility index (Phi) is 4.02. The van der Waals surface area contributed by atoms with Crippen LogP contribution in [0, 0.1) is 30.6 Å². The molecule has 4 aliphatic rings. The molecule has 0 aliphatic heterocycles. The standard InChI is InChI=1S/C25H28N4O/c1-14-21(13-26-29(14)2)23-12-20(19-5-3-4-6-22(19)27-23)25(30)28-24-17-8-15-7-16(10-17)11-18(24)9-15/h3-6,12-13,15-18,24H,7-11H2,1-2H3,(H,28,30). The van der Waals surface area contributed by atoms with E-state index in [0.29, 0.717) is 17.9 Å². The molecule has 5 nitrogen and oxygen atoms in total. The topological polar surface area (TPSA) is 59.8 Å². The van der Waals surface area contributed by atoms with Crippen molar-refractivity contribution in [2.75, 3.05) is 0 Å². The van der Waals surface area contributed by atoms with Crippen molar-refractivity contribution >= 4 is 16.8 Å². The highest BCUT2D eigenvalue weighted by Gasteiger charge is 2.48. The summed E-state index contributed by atoms with van der Waals surface area (Å²) in [6, 6.07) is 10.3. The molecular formula is C25H28N4O. The van der Waals surface area contributed by atoms with Crippen LogP contribution in [-0.4, -0.2) is 26.7 Å². The monoisotopic (exact) mass is 400 g/mol. The van der Waals surface area contributed by atoms with Gasteiger partial charge in [0, 0.05) is 29.7 Å². The van der Waals surface area contributed by atoms with Crippen molar-refractivity contribution in [2.24, 2.45) is 30.7 Å². The van der Waals surface area contributed by atoms with Crippen LogP contribution in [0.4, 0.5) is 0 Å². The van der Waals surface area contributed by atoms with E-state index in [-0.39, 0.29) is 5.91 Å². The van der Waals surface area contributed by atoms with Gasteiger partial charge in [-0.2, -0.15) is 5.10 Å². The number of pyridine rings is 1. The van der Waals surface area contributed by atoms with Crippen molar-refractivity contribution < 1.29 is 4.79 Å². The molecule has 0 radical (unpaired) electrons.